The maximum atomic E-state index is 12.3. The number of aryl methyl sites for hydroxylation is 1. The minimum Gasteiger partial charge on any atom is -0.302 e. The van der Waals surface area contributed by atoms with Gasteiger partial charge in [-0.05, 0) is 19.8 Å². The molecular weight excluding hydrogens is 302 g/mol. The van der Waals surface area contributed by atoms with Crippen molar-refractivity contribution in [3.8, 4) is 0 Å². The molecule has 1 saturated heterocycles. The summed E-state index contributed by atoms with van der Waals surface area (Å²) in [5.74, 6) is -0.984. The Morgan fingerprint density at radius 3 is 2.50 bits per heavy atom. The number of thiazole rings is 1. The fourth-order valence-electron chi connectivity index (χ4n) is 2.90. The third-order valence-corrected chi connectivity index (χ3v) is 4.90. The first kappa shape index (κ1) is 14.9. The number of fused-ring (bicyclic) bond motifs is 1. The highest BCUT2D eigenvalue weighted by Gasteiger charge is 2.46. The van der Waals surface area contributed by atoms with Crippen molar-refractivity contribution in [1.29, 1.82) is 0 Å². The molecule has 1 N–H and O–H groups in total. The zero-order valence-electron chi connectivity index (χ0n) is 12.2. The van der Waals surface area contributed by atoms with Gasteiger partial charge in [0, 0.05) is 18.3 Å². The number of nitrogens with zero attached hydrogens (tertiary/aromatic N) is 2. The number of rotatable bonds is 4. The van der Waals surface area contributed by atoms with Crippen LogP contribution in [0.2, 0.25) is 0 Å². The molecule has 22 heavy (non-hydrogen) atoms. The molecule has 2 heterocycles. The number of allylic oxidation sites excluding steroid dienone is 2. The number of aromatic nitrogens is 1. The van der Waals surface area contributed by atoms with Crippen LogP contribution in [0.4, 0.5) is 5.13 Å². The first-order valence-electron chi connectivity index (χ1n) is 7.28. The minimum atomic E-state index is -0.234. The van der Waals surface area contributed by atoms with Gasteiger partial charge in [-0.2, -0.15) is 0 Å². The molecule has 1 aliphatic carbocycles. The highest BCUT2D eigenvalue weighted by Crippen LogP contribution is 2.35. The Bertz CT molecular complexity index is 626. The van der Waals surface area contributed by atoms with Gasteiger partial charge < -0.3 is 5.32 Å². The van der Waals surface area contributed by atoms with E-state index in [9.17, 15) is 14.4 Å². The van der Waals surface area contributed by atoms with E-state index >= 15 is 0 Å². The lowest BCUT2D eigenvalue weighted by Crippen LogP contribution is -2.34. The first-order chi connectivity index (χ1) is 10.6. The molecule has 6 nitrogen and oxygen atoms in total. The van der Waals surface area contributed by atoms with E-state index in [1.807, 2.05) is 24.5 Å². The van der Waals surface area contributed by atoms with Gasteiger partial charge in [-0.1, -0.05) is 12.2 Å². The molecule has 7 heteroatoms. The average Bonchev–Trinajstić information content (AvgIpc) is 3.01. The smallest absolute Gasteiger partial charge is 0.233 e. The normalized spacial score (nSPS) is 23.8. The van der Waals surface area contributed by atoms with E-state index in [0.29, 0.717) is 18.0 Å². The van der Waals surface area contributed by atoms with Gasteiger partial charge in [0.15, 0.2) is 5.13 Å². The summed E-state index contributed by atoms with van der Waals surface area (Å²) >= 11 is 1.35. The molecule has 1 fully saturated rings. The molecule has 0 bridgehead atoms. The summed E-state index contributed by atoms with van der Waals surface area (Å²) in [6.07, 6.45) is 5.25. The van der Waals surface area contributed by atoms with Crippen molar-refractivity contribution in [2.45, 2.75) is 26.2 Å². The van der Waals surface area contributed by atoms with E-state index in [2.05, 4.69) is 10.3 Å². The highest BCUT2D eigenvalue weighted by molar-refractivity contribution is 7.13. The third-order valence-electron chi connectivity index (χ3n) is 4.03. The second-order valence-electron chi connectivity index (χ2n) is 5.58. The fraction of sp³-hybridized carbons (Fsp3) is 0.467. The lowest BCUT2D eigenvalue weighted by Gasteiger charge is -2.14. The zero-order valence-corrected chi connectivity index (χ0v) is 13.1. The standard InChI is InChI=1S/C15H17N3O3S/c1-9-8-22-15(16-9)17-12(19)6-7-18-13(20)10-4-2-3-5-11(10)14(18)21/h2-3,8,10-11H,4-7H2,1H3,(H,16,17,19)/t10-,11-/m0/s1. The maximum Gasteiger partial charge on any atom is 0.233 e. The Labute approximate surface area is 132 Å². The monoisotopic (exact) mass is 319 g/mol. The number of anilines is 1. The van der Waals surface area contributed by atoms with Gasteiger partial charge in [0.25, 0.3) is 0 Å². The number of amides is 3. The molecule has 0 spiro atoms. The predicted molar refractivity (Wildman–Crippen MR) is 82.2 cm³/mol. The van der Waals surface area contributed by atoms with Crippen LogP contribution in [0.1, 0.15) is 25.0 Å². The van der Waals surface area contributed by atoms with Crippen molar-refractivity contribution in [3.63, 3.8) is 0 Å². The molecule has 2 aliphatic rings. The fourth-order valence-corrected chi connectivity index (χ4v) is 3.60. The molecule has 3 amide bonds. The number of nitrogens with one attached hydrogen (secondary N) is 1. The molecule has 2 atom stereocenters. The highest BCUT2D eigenvalue weighted by atomic mass is 32.1. The van der Waals surface area contributed by atoms with Crippen molar-refractivity contribution >= 4 is 34.2 Å². The van der Waals surface area contributed by atoms with E-state index in [1.54, 1.807) is 0 Å². The van der Waals surface area contributed by atoms with E-state index < -0.39 is 0 Å². The zero-order chi connectivity index (χ0) is 15.7. The van der Waals surface area contributed by atoms with Gasteiger partial charge in [0.1, 0.15) is 0 Å². The summed E-state index contributed by atoms with van der Waals surface area (Å²) in [4.78, 5) is 41.8. The average molecular weight is 319 g/mol. The van der Waals surface area contributed by atoms with Crippen LogP contribution >= 0.6 is 11.3 Å². The summed E-state index contributed by atoms with van der Waals surface area (Å²) < 4.78 is 0. The van der Waals surface area contributed by atoms with Crippen LogP contribution in [-0.4, -0.2) is 34.2 Å². The summed E-state index contributed by atoms with van der Waals surface area (Å²) in [7, 11) is 0. The van der Waals surface area contributed by atoms with Crippen molar-refractivity contribution < 1.29 is 14.4 Å². The van der Waals surface area contributed by atoms with Crippen LogP contribution in [0.15, 0.2) is 17.5 Å². The molecule has 0 unspecified atom stereocenters. The molecule has 0 saturated carbocycles. The summed E-state index contributed by atoms with van der Waals surface area (Å²) in [6.45, 7) is 1.99. The van der Waals surface area contributed by atoms with E-state index in [4.69, 9.17) is 0 Å². The van der Waals surface area contributed by atoms with Crippen molar-refractivity contribution in [2.24, 2.45) is 11.8 Å². The van der Waals surface area contributed by atoms with Crippen molar-refractivity contribution in [1.82, 2.24) is 9.88 Å². The Morgan fingerprint density at radius 2 is 1.95 bits per heavy atom. The van der Waals surface area contributed by atoms with Crippen LogP contribution in [0.3, 0.4) is 0 Å². The number of carbonyl (C=O) groups excluding carboxylic acids is 3. The number of hydrogen-bond acceptors (Lipinski definition) is 5. The minimum absolute atomic E-state index is 0.100. The number of likely N-dealkylation sites (tertiary alicyclic amines) is 1. The van der Waals surface area contributed by atoms with E-state index in [-0.39, 0.29) is 42.5 Å². The first-order valence-corrected chi connectivity index (χ1v) is 8.16. The van der Waals surface area contributed by atoms with Gasteiger partial charge in [-0.25, -0.2) is 4.98 Å². The Morgan fingerprint density at radius 1 is 1.32 bits per heavy atom. The van der Waals surface area contributed by atoms with Crippen molar-refractivity contribution in [3.05, 3.63) is 23.2 Å². The Balaban J connectivity index is 1.56. The van der Waals surface area contributed by atoms with Crippen LogP contribution in [-0.2, 0) is 14.4 Å². The van der Waals surface area contributed by atoms with Gasteiger partial charge in [-0.3, -0.25) is 19.3 Å². The Kier molecular flexibility index (Phi) is 4.06. The van der Waals surface area contributed by atoms with E-state index in [0.717, 1.165) is 5.69 Å². The predicted octanol–water partition coefficient (Wildman–Crippen LogP) is 1.73. The molecule has 3 rings (SSSR count). The largest absolute Gasteiger partial charge is 0.302 e. The number of imide groups is 1. The van der Waals surface area contributed by atoms with E-state index in [1.165, 1.54) is 16.2 Å². The summed E-state index contributed by atoms with van der Waals surface area (Å²) in [5.41, 5.74) is 0.849. The summed E-state index contributed by atoms with van der Waals surface area (Å²) in [6, 6.07) is 0. The SMILES string of the molecule is Cc1csc(NC(=O)CCN2C(=O)[C@H]3CC=CC[C@@H]3C2=O)n1. The number of hydrogen-bond donors (Lipinski definition) is 1. The molecule has 0 radical (unpaired) electrons. The molecule has 0 aromatic carbocycles. The van der Waals surface area contributed by atoms with Gasteiger partial charge in [-0.15, -0.1) is 11.3 Å². The van der Waals surface area contributed by atoms with Gasteiger partial charge >= 0.3 is 0 Å². The third kappa shape index (κ3) is 2.81. The lowest BCUT2D eigenvalue weighted by atomic mass is 9.85. The molecular formula is C15H17N3O3S. The lowest BCUT2D eigenvalue weighted by molar-refractivity contribution is -0.140. The van der Waals surface area contributed by atoms with Crippen LogP contribution in [0.5, 0.6) is 0 Å². The maximum absolute atomic E-state index is 12.3. The second-order valence-corrected chi connectivity index (χ2v) is 6.43. The number of carbonyl (C=O) groups is 3. The Hall–Kier alpha value is -2.02. The summed E-state index contributed by atoms with van der Waals surface area (Å²) in [5, 5.41) is 5.08. The molecule has 1 aromatic heterocycles. The van der Waals surface area contributed by atoms with Gasteiger partial charge in [0.05, 0.1) is 17.5 Å². The molecule has 1 aromatic rings. The molecule has 116 valence electrons. The van der Waals surface area contributed by atoms with Crippen LogP contribution in [0.25, 0.3) is 0 Å². The second kappa shape index (κ2) is 6.00. The van der Waals surface area contributed by atoms with Gasteiger partial charge in [0.2, 0.25) is 17.7 Å². The van der Waals surface area contributed by atoms with Crippen LogP contribution in [0, 0.1) is 18.8 Å². The molecule has 1 aliphatic heterocycles. The topological polar surface area (TPSA) is 79.4 Å². The quantitative estimate of drug-likeness (QED) is 0.677. The van der Waals surface area contributed by atoms with Crippen molar-refractivity contribution in [2.75, 3.05) is 11.9 Å². The van der Waals surface area contributed by atoms with Crippen LogP contribution < -0.4 is 5.32 Å².